The van der Waals surface area contributed by atoms with Crippen molar-refractivity contribution in [1.29, 1.82) is 0 Å². The fraction of sp³-hybridized carbons (Fsp3) is 0.143. The van der Waals surface area contributed by atoms with Gasteiger partial charge in [0.15, 0.2) is 10.8 Å². The molecule has 0 unspecified atom stereocenters. The van der Waals surface area contributed by atoms with E-state index in [1.807, 2.05) is 13.0 Å². The van der Waals surface area contributed by atoms with Crippen LogP contribution in [0.25, 0.3) is 5.65 Å². The molecule has 11 heavy (non-hydrogen) atoms. The van der Waals surface area contributed by atoms with Gasteiger partial charge < -0.3 is 0 Å². The standard InChI is InChI=1S/C7H6ClN3/c1-5-4-6-9-2-3-11(6)10-7(5)8/h2-4H,1H3. The number of rotatable bonds is 0. The van der Waals surface area contributed by atoms with Gasteiger partial charge in [-0.15, -0.1) is 0 Å². The molecule has 2 heterocycles. The first-order valence-corrected chi connectivity index (χ1v) is 3.61. The number of hydrogen-bond acceptors (Lipinski definition) is 2. The zero-order valence-electron chi connectivity index (χ0n) is 5.95. The van der Waals surface area contributed by atoms with Crippen LogP contribution in [0.4, 0.5) is 0 Å². The van der Waals surface area contributed by atoms with E-state index in [0.717, 1.165) is 11.2 Å². The average molecular weight is 168 g/mol. The Hall–Kier alpha value is -1.09. The maximum Gasteiger partial charge on any atom is 0.153 e. The largest absolute Gasteiger partial charge is 0.236 e. The summed E-state index contributed by atoms with van der Waals surface area (Å²) in [5.41, 5.74) is 1.78. The molecule has 2 rings (SSSR count). The van der Waals surface area contributed by atoms with Crippen LogP contribution in [0.5, 0.6) is 0 Å². The third-order valence-electron chi connectivity index (χ3n) is 1.52. The Morgan fingerprint density at radius 3 is 3.18 bits per heavy atom. The molecule has 0 bridgehead atoms. The van der Waals surface area contributed by atoms with E-state index < -0.39 is 0 Å². The molecule has 2 aromatic heterocycles. The maximum absolute atomic E-state index is 5.78. The summed E-state index contributed by atoms with van der Waals surface area (Å²) >= 11 is 5.78. The minimum absolute atomic E-state index is 0.524. The summed E-state index contributed by atoms with van der Waals surface area (Å²) < 4.78 is 1.65. The molecule has 3 nitrogen and oxygen atoms in total. The van der Waals surface area contributed by atoms with Crippen molar-refractivity contribution in [2.24, 2.45) is 0 Å². The van der Waals surface area contributed by atoms with Crippen LogP contribution in [-0.4, -0.2) is 14.6 Å². The van der Waals surface area contributed by atoms with Crippen molar-refractivity contribution in [3.8, 4) is 0 Å². The smallest absolute Gasteiger partial charge is 0.153 e. The van der Waals surface area contributed by atoms with Gasteiger partial charge in [-0.2, -0.15) is 5.10 Å². The van der Waals surface area contributed by atoms with Crippen molar-refractivity contribution in [3.63, 3.8) is 0 Å². The third-order valence-corrected chi connectivity index (χ3v) is 1.89. The molecular formula is C7H6ClN3. The molecule has 0 amide bonds. The highest BCUT2D eigenvalue weighted by Gasteiger charge is 1.99. The quantitative estimate of drug-likeness (QED) is 0.598. The van der Waals surface area contributed by atoms with Gasteiger partial charge in [0.1, 0.15) is 0 Å². The molecule has 0 aliphatic rings. The van der Waals surface area contributed by atoms with E-state index in [1.165, 1.54) is 0 Å². The van der Waals surface area contributed by atoms with Crippen LogP contribution in [0.1, 0.15) is 5.56 Å². The van der Waals surface area contributed by atoms with Gasteiger partial charge in [-0.3, -0.25) is 0 Å². The van der Waals surface area contributed by atoms with Gasteiger partial charge in [0.25, 0.3) is 0 Å². The zero-order chi connectivity index (χ0) is 7.84. The van der Waals surface area contributed by atoms with E-state index >= 15 is 0 Å². The van der Waals surface area contributed by atoms with E-state index in [4.69, 9.17) is 11.6 Å². The fourth-order valence-electron chi connectivity index (χ4n) is 0.923. The van der Waals surface area contributed by atoms with E-state index in [2.05, 4.69) is 10.1 Å². The number of imidazole rings is 1. The van der Waals surface area contributed by atoms with E-state index in [0.29, 0.717) is 5.15 Å². The summed E-state index contributed by atoms with van der Waals surface area (Å²) in [4.78, 5) is 4.06. The Bertz CT molecular complexity index is 357. The van der Waals surface area contributed by atoms with Crippen molar-refractivity contribution < 1.29 is 0 Å². The predicted octanol–water partition coefficient (Wildman–Crippen LogP) is 1.69. The van der Waals surface area contributed by atoms with Gasteiger partial charge in [0, 0.05) is 12.4 Å². The summed E-state index contributed by atoms with van der Waals surface area (Å²) in [5.74, 6) is 0. The number of aryl methyl sites for hydroxylation is 1. The molecule has 0 spiro atoms. The summed E-state index contributed by atoms with van der Waals surface area (Å²) in [6, 6.07) is 1.90. The second-order valence-electron chi connectivity index (χ2n) is 2.35. The minimum atomic E-state index is 0.524. The second-order valence-corrected chi connectivity index (χ2v) is 2.71. The Labute approximate surface area is 68.6 Å². The molecule has 0 aromatic carbocycles. The molecule has 4 heteroatoms. The van der Waals surface area contributed by atoms with Crippen molar-refractivity contribution in [2.45, 2.75) is 6.92 Å². The maximum atomic E-state index is 5.78. The van der Waals surface area contributed by atoms with Gasteiger partial charge in [0.2, 0.25) is 0 Å². The summed E-state index contributed by atoms with van der Waals surface area (Å²) in [6.07, 6.45) is 3.46. The van der Waals surface area contributed by atoms with Gasteiger partial charge in [-0.25, -0.2) is 9.50 Å². The molecule has 56 valence electrons. The van der Waals surface area contributed by atoms with Crippen molar-refractivity contribution in [3.05, 3.63) is 29.2 Å². The number of fused-ring (bicyclic) bond motifs is 1. The first-order valence-electron chi connectivity index (χ1n) is 3.24. The Kier molecular flexibility index (Phi) is 1.32. The molecule has 2 aromatic rings. The lowest BCUT2D eigenvalue weighted by Gasteiger charge is -1.96. The lowest BCUT2D eigenvalue weighted by atomic mass is 10.3. The monoisotopic (exact) mass is 167 g/mol. The highest BCUT2D eigenvalue weighted by Crippen LogP contribution is 2.11. The highest BCUT2D eigenvalue weighted by atomic mass is 35.5. The molecule has 0 radical (unpaired) electrons. The van der Waals surface area contributed by atoms with Crippen LogP contribution in [0.2, 0.25) is 5.15 Å². The third kappa shape index (κ3) is 0.973. The van der Waals surface area contributed by atoms with Crippen LogP contribution >= 0.6 is 11.6 Å². The van der Waals surface area contributed by atoms with Crippen LogP contribution in [0, 0.1) is 6.92 Å². The summed E-state index contributed by atoms with van der Waals surface area (Å²) in [5, 5.41) is 4.58. The second kappa shape index (κ2) is 2.20. The molecule has 0 saturated carbocycles. The Balaban J connectivity index is 2.86. The lowest BCUT2D eigenvalue weighted by Crippen LogP contribution is -1.92. The molecule has 0 aliphatic carbocycles. The van der Waals surface area contributed by atoms with Crippen molar-refractivity contribution in [1.82, 2.24) is 14.6 Å². The first-order chi connectivity index (χ1) is 5.27. The van der Waals surface area contributed by atoms with Gasteiger partial charge >= 0.3 is 0 Å². The van der Waals surface area contributed by atoms with E-state index in [1.54, 1.807) is 16.9 Å². The molecule has 0 fully saturated rings. The number of aromatic nitrogens is 3. The van der Waals surface area contributed by atoms with E-state index in [9.17, 15) is 0 Å². The molecule has 0 saturated heterocycles. The van der Waals surface area contributed by atoms with Gasteiger partial charge in [-0.1, -0.05) is 11.6 Å². The first kappa shape index (κ1) is 6.61. The predicted molar refractivity (Wildman–Crippen MR) is 42.7 cm³/mol. The number of nitrogens with zero attached hydrogens (tertiary/aromatic N) is 3. The van der Waals surface area contributed by atoms with E-state index in [-0.39, 0.29) is 0 Å². The van der Waals surface area contributed by atoms with Crippen molar-refractivity contribution >= 4 is 17.2 Å². The highest BCUT2D eigenvalue weighted by molar-refractivity contribution is 6.30. The Morgan fingerprint density at radius 1 is 1.55 bits per heavy atom. The average Bonchev–Trinajstić information content (AvgIpc) is 2.36. The van der Waals surface area contributed by atoms with Gasteiger partial charge in [-0.05, 0) is 18.6 Å². The molecular weight excluding hydrogens is 162 g/mol. The van der Waals surface area contributed by atoms with Crippen LogP contribution in [0.15, 0.2) is 18.5 Å². The molecule has 0 N–H and O–H groups in total. The number of hydrogen-bond donors (Lipinski definition) is 0. The van der Waals surface area contributed by atoms with Crippen LogP contribution < -0.4 is 0 Å². The summed E-state index contributed by atoms with van der Waals surface area (Å²) in [7, 11) is 0. The number of halogens is 1. The normalized spacial score (nSPS) is 10.7. The SMILES string of the molecule is Cc1cc2nccn2nc1Cl. The molecule has 0 aliphatic heterocycles. The lowest BCUT2D eigenvalue weighted by molar-refractivity contribution is 0.927. The fourth-order valence-corrected chi connectivity index (χ4v) is 1.06. The summed E-state index contributed by atoms with van der Waals surface area (Å²) in [6.45, 7) is 1.91. The van der Waals surface area contributed by atoms with Crippen molar-refractivity contribution in [2.75, 3.05) is 0 Å². The topological polar surface area (TPSA) is 30.2 Å². The van der Waals surface area contributed by atoms with Crippen LogP contribution in [0.3, 0.4) is 0 Å². The van der Waals surface area contributed by atoms with Crippen LogP contribution in [-0.2, 0) is 0 Å². The Morgan fingerprint density at radius 2 is 2.36 bits per heavy atom. The van der Waals surface area contributed by atoms with Gasteiger partial charge in [0.05, 0.1) is 0 Å². The zero-order valence-corrected chi connectivity index (χ0v) is 6.71. The minimum Gasteiger partial charge on any atom is -0.236 e. The molecule has 0 atom stereocenters.